The number of rotatable bonds is 7. The molecule has 2 aromatic rings. The Morgan fingerprint density at radius 2 is 1.80 bits per heavy atom. The molecule has 1 atom stereocenters. The van der Waals surface area contributed by atoms with E-state index in [2.05, 4.69) is 5.32 Å². The molecule has 0 heterocycles. The summed E-state index contributed by atoms with van der Waals surface area (Å²) >= 11 is 0. The molecule has 2 aromatic carbocycles. The van der Waals surface area contributed by atoms with Crippen LogP contribution in [0.25, 0.3) is 10.8 Å². The lowest BCUT2D eigenvalue weighted by atomic mass is 10.0. The molecule has 134 valence electrons. The molecule has 25 heavy (non-hydrogen) atoms. The van der Waals surface area contributed by atoms with E-state index in [4.69, 9.17) is 4.74 Å². The van der Waals surface area contributed by atoms with Crippen LogP contribution in [0.1, 0.15) is 32.8 Å². The number of benzene rings is 2. The van der Waals surface area contributed by atoms with Crippen molar-refractivity contribution in [3.8, 4) is 0 Å². The Bertz CT molecular complexity index is 749. The SMILES string of the molecule is CC(C)(C)OCCC(NC(=O)Cc1ccc2ccccc2c1)C(=O)O. The Balaban J connectivity index is 1.94. The monoisotopic (exact) mass is 343 g/mol. The average molecular weight is 343 g/mol. The highest BCUT2D eigenvalue weighted by molar-refractivity contribution is 5.87. The Kier molecular flexibility index (Phi) is 6.15. The van der Waals surface area contributed by atoms with Crippen LogP contribution in [0.5, 0.6) is 0 Å². The maximum atomic E-state index is 12.2. The van der Waals surface area contributed by atoms with E-state index in [1.807, 2.05) is 63.2 Å². The van der Waals surface area contributed by atoms with Crippen LogP contribution in [0.3, 0.4) is 0 Å². The fraction of sp³-hybridized carbons (Fsp3) is 0.400. The summed E-state index contributed by atoms with van der Waals surface area (Å²) in [7, 11) is 0. The van der Waals surface area contributed by atoms with Gasteiger partial charge in [-0.25, -0.2) is 4.79 Å². The molecule has 1 amide bonds. The summed E-state index contributed by atoms with van der Waals surface area (Å²) in [5.74, 6) is -1.36. The first-order chi connectivity index (χ1) is 11.7. The second-order valence-corrected chi connectivity index (χ2v) is 7.07. The van der Waals surface area contributed by atoms with Gasteiger partial charge in [0.1, 0.15) is 6.04 Å². The third kappa shape index (κ3) is 6.19. The van der Waals surface area contributed by atoms with E-state index in [-0.39, 0.29) is 31.0 Å². The first-order valence-corrected chi connectivity index (χ1v) is 8.38. The standard InChI is InChI=1S/C20H25NO4/c1-20(2,3)25-11-10-17(19(23)24)21-18(22)13-14-8-9-15-6-4-5-7-16(15)12-14/h4-9,12,17H,10-11,13H2,1-3H3,(H,21,22)(H,23,24). The maximum absolute atomic E-state index is 12.2. The fourth-order valence-electron chi connectivity index (χ4n) is 2.52. The lowest BCUT2D eigenvalue weighted by molar-refractivity contribution is -0.142. The van der Waals surface area contributed by atoms with Gasteiger partial charge in [-0.1, -0.05) is 42.5 Å². The number of carboxylic acids is 1. The van der Waals surface area contributed by atoms with Crippen LogP contribution >= 0.6 is 0 Å². The molecule has 2 N–H and O–H groups in total. The Hall–Kier alpha value is -2.40. The van der Waals surface area contributed by atoms with Crippen LogP contribution in [-0.4, -0.2) is 35.2 Å². The second kappa shape index (κ2) is 8.12. The van der Waals surface area contributed by atoms with Gasteiger partial charge in [-0.3, -0.25) is 4.79 Å². The molecule has 2 rings (SSSR count). The molecule has 1 unspecified atom stereocenters. The molecular formula is C20H25NO4. The molecule has 0 saturated heterocycles. The Morgan fingerprint density at radius 1 is 1.12 bits per heavy atom. The predicted octanol–water partition coefficient (Wildman–Crippen LogP) is 3.16. The van der Waals surface area contributed by atoms with E-state index in [1.54, 1.807) is 0 Å². The Labute approximate surface area is 148 Å². The summed E-state index contributed by atoms with van der Waals surface area (Å²) in [6.07, 6.45) is 0.380. The molecule has 0 aliphatic heterocycles. The molecule has 0 spiro atoms. The smallest absolute Gasteiger partial charge is 0.326 e. The molecule has 0 aliphatic rings. The van der Waals surface area contributed by atoms with Gasteiger partial charge in [-0.05, 0) is 37.1 Å². The number of carbonyl (C=O) groups excluding carboxylic acids is 1. The third-order valence-corrected chi connectivity index (χ3v) is 3.75. The van der Waals surface area contributed by atoms with Crippen molar-refractivity contribution >= 4 is 22.6 Å². The van der Waals surface area contributed by atoms with Gasteiger partial charge in [-0.15, -0.1) is 0 Å². The molecule has 5 nitrogen and oxygen atoms in total. The van der Waals surface area contributed by atoms with Crippen LogP contribution in [-0.2, 0) is 20.7 Å². The van der Waals surface area contributed by atoms with E-state index in [0.29, 0.717) is 0 Å². The third-order valence-electron chi connectivity index (χ3n) is 3.75. The summed E-state index contributed by atoms with van der Waals surface area (Å²) in [5.41, 5.74) is 0.518. The zero-order valence-corrected chi connectivity index (χ0v) is 14.9. The van der Waals surface area contributed by atoms with Gasteiger partial charge < -0.3 is 15.2 Å². The predicted molar refractivity (Wildman–Crippen MR) is 97.5 cm³/mol. The van der Waals surface area contributed by atoms with Gasteiger partial charge >= 0.3 is 5.97 Å². The Morgan fingerprint density at radius 3 is 2.44 bits per heavy atom. The van der Waals surface area contributed by atoms with Crippen molar-refractivity contribution < 1.29 is 19.4 Å². The first kappa shape index (κ1) is 18.9. The van der Waals surface area contributed by atoms with Crippen LogP contribution in [0.15, 0.2) is 42.5 Å². The van der Waals surface area contributed by atoms with Crippen LogP contribution in [0.4, 0.5) is 0 Å². The minimum Gasteiger partial charge on any atom is -0.480 e. The quantitative estimate of drug-likeness (QED) is 0.810. The molecule has 0 saturated carbocycles. The van der Waals surface area contributed by atoms with E-state index in [9.17, 15) is 14.7 Å². The number of nitrogens with one attached hydrogen (secondary N) is 1. The zero-order valence-electron chi connectivity index (χ0n) is 14.9. The normalized spacial score (nSPS) is 12.8. The van der Waals surface area contributed by atoms with E-state index in [1.165, 1.54) is 0 Å². The minimum atomic E-state index is -1.05. The molecule has 0 aliphatic carbocycles. The van der Waals surface area contributed by atoms with Crippen molar-refractivity contribution in [3.63, 3.8) is 0 Å². The van der Waals surface area contributed by atoms with E-state index < -0.39 is 12.0 Å². The molecule has 0 bridgehead atoms. The van der Waals surface area contributed by atoms with Crippen molar-refractivity contribution in [2.75, 3.05) is 6.61 Å². The fourth-order valence-corrected chi connectivity index (χ4v) is 2.52. The molecule has 0 radical (unpaired) electrons. The number of hydrogen-bond acceptors (Lipinski definition) is 3. The minimum absolute atomic E-state index is 0.148. The van der Waals surface area contributed by atoms with Gasteiger partial charge in [0.05, 0.1) is 12.0 Å². The summed E-state index contributed by atoms with van der Waals surface area (Å²) in [4.78, 5) is 23.6. The average Bonchev–Trinajstić information content (AvgIpc) is 2.52. The number of hydrogen-bond donors (Lipinski definition) is 2. The van der Waals surface area contributed by atoms with Gasteiger partial charge in [0, 0.05) is 13.0 Å². The summed E-state index contributed by atoms with van der Waals surface area (Å²) in [5, 5.41) is 14.0. The molecule has 0 fully saturated rings. The van der Waals surface area contributed by atoms with Crippen molar-refractivity contribution in [3.05, 3.63) is 48.0 Å². The first-order valence-electron chi connectivity index (χ1n) is 8.38. The second-order valence-electron chi connectivity index (χ2n) is 7.07. The molecular weight excluding hydrogens is 318 g/mol. The van der Waals surface area contributed by atoms with E-state index in [0.717, 1.165) is 16.3 Å². The summed E-state index contributed by atoms with van der Waals surface area (Å²) < 4.78 is 5.54. The van der Waals surface area contributed by atoms with Crippen LogP contribution in [0, 0.1) is 0 Å². The number of ether oxygens (including phenoxy) is 1. The van der Waals surface area contributed by atoms with Crippen molar-refractivity contribution in [2.45, 2.75) is 45.3 Å². The van der Waals surface area contributed by atoms with Crippen molar-refractivity contribution in [1.29, 1.82) is 0 Å². The molecule has 0 aromatic heterocycles. The highest BCUT2D eigenvalue weighted by Crippen LogP contribution is 2.16. The van der Waals surface area contributed by atoms with Crippen LogP contribution in [0.2, 0.25) is 0 Å². The number of fused-ring (bicyclic) bond motifs is 1. The lowest BCUT2D eigenvalue weighted by Crippen LogP contribution is -2.42. The topological polar surface area (TPSA) is 75.6 Å². The highest BCUT2D eigenvalue weighted by atomic mass is 16.5. The molecule has 5 heteroatoms. The summed E-state index contributed by atoms with van der Waals surface area (Å²) in [6.45, 7) is 5.99. The maximum Gasteiger partial charge on any atom is 0.326 e. The van der Waals surface area contributed by atoms with Crippen molar-refractivity contribution in [2.24, 2.45) is 0 Å². The number of amides is 1. The largest absolute Gasteiger partial charge is 0.480 e. The van der Waals surface area contributed by atoms with Gasteiger partial charge in [0.15, 0.2) is 0 Å². The van der Waals surface area contributed by atoms with Gasteiger partial charge in [0.25, 0.3) is 0 Å². The van der Waals surface area contributed by atoms with Crippen molar-refractivity contribution in [1.82, 2.24) is 5.32 Å². The van der Waals surface area contributed by atoms with Gasteiger partial charge in [-0.2, -0.15) is 0 Å². The number of carboxylic acid groups (broad SMARTS) is 1. The zero-order chi connectivity index (χ0) is 18.4. The highest BCUT2D eigenvalue weighted by Gasteiger charge is 2.21. The summed E-state index contributed by atoms with van der Waals surface area (Å²) in [6, 6.07) is 12.8. The van der Waals surface area contributed by atoms with Gasteiger partial charge in [0.2, 0.25) is 5.91 Å². The lowest BCUT2D eigenvalue weighted by Gasteiger charge is -2.21. The van der Waals surface area contributed by atoms with E-state index >= 15 is 0 Å². The van der Waals surface area contributed by atoms with Crippen LogP contribution < -0.4 is 5.32 Å². The number of carbonyl (C=O) groups is 2. The number of aliphatic carboxylic acids is 1.